The van der Waals surface area contributed by atoms with E-state index in [-0.39, 0.29) is 18.7 Å². The summed E-state index contributed by atoms with van der Waals surface area (Å²) in [7, 11) is 0. The highest BCUT2D eigenvalue weighted by Gasteiger charge is 2.26. The van der Waals surface area contributed by atoms with Gasteiger partial charge in [-0.15, -0.1) is 0 Å². The SMILES string of the molecule is O=C(Nc1ccc2[nH]c(=O)oc2c1)C(=O)N1CCN(c2ccc(F)c(F)c2)CC1. The van der Waals surface area contributed by atoms with Crippen molar-refractivity contribution in [3.63, 3.8) is 0 Å². The normalized spacial score (nSPS) is 14.3. The van der Waals surface area contributed by atoms with Crippen molar-refractivity contribution in [2.45, 2.75) is 0 Å². The molecule has 29 heavy (non-hydrogen) atoms. The van der Waals surface area contributed by atoms with Crippen LogP contribution in [0.4, 0.5) is 20.2 Å². The number of benzene rings is 2. The van der Waals surface area contributed by atoms with Gasteiger partial charge < -0.3 is 19.5 Å². The number of hydrogen-bond donors (Lipinski definition) is 2. The zero-order valence-electron chi connectivity index (χ0n) is 15.1. The van der Waals surface area contributed by atoms with E-state index in [1.165, 1.54) is 17.0 Å². The van der Waals surface area contributed by atoms with E-state index in [4.69, 9.17) is 4.42 Å². The number of piperazine rings is 1. The first-order valence-corrected chi connectivity index (χ1v) is 8.84. The molecule has 2 aromatic carbocycles. The van der Waals surface area contributed by atoms with Gasteiger partial charge >= 0.3 is 17.6 Å². The first-order valence-electron chi connectivity index (χ1n) is 8.84. The molecular formula is C19H16F2N4O4. The highest BCUT2D eigenvalue weighted by Crippen LogP contribution is 2.20. The molecule has 2 amide bonds. The number of hydrogen-bond acceptors (Lipinski definition) is 5. The molecule has 3 aromatic rings. The lowest BCUT2D eigenvalue weighted by Gasteiger charge is -2.35. The first-order chi connectivity index (χ1) is 13.9. The van der Waals surface area contributed by atoms with Crippen LogP contribution in [-0.4, -0.2) is 47.9 Å². The number of rotatable bonds is 2. The van der Waals surface area contributed by atoms with Crippen molar-refractivity contribution >= 4 is 34.3 Å². The van der Waals surface area contributed by atoms with Gasteiger partial charge in [0.2, 0.25) is 0 Å². The van der Waals surface area contributed by atoms with Gasteiger partial charge in [0.1, 0.15) is 0 Å². The van der Waals surface area contributed by atoms with Crippen molar-refractivity contribution in [1.29, 1.82) is 0 Å². The van der Waals surface area contributed by atoms with Crippen LogP contribution in [-0.2, 0) is 9.59 Å². The zero-order chi connectivity index (χ0) is 20.5. The van der Waals surface area contributed by atoms with Gasteiger partial charge in [-0.3, -0.25) is 14.6 Å². The van der Waals surface area contributed by atoms with E-state index >= 15 is 0 Å². The Kier molecular flexibility index (Phi) is 4.75. The Morgan fingerprint density at radius 2 is 1.76 bits per heavy atom. The zero-order valence-corrected chi connectivity index (χ0v) is 15.1. The molecule has 1 aliphatic heterocycles. The molecule has 2 heterocycles. The minimum atomic E-state index is -0.935. The average molecular weight is 402 g/mol. The van der Waals surface area contributed by atoms with Crippen LogP contribution in [0.1, 0.15) is 0 Å². The largest absolute Gasteiger partial charge is 0.417 e. The minimum Gasteiger partial charge on any atom is -0.408 e. The molecule has 8 nitrogen and oxygen atoms in total. The standard InChI is InChI=1S/C19H16F2N4O4/c20-13-3-2-12(10-14(13)21)24-5-7-25(8-6-24)18(27)17(26)22-11-1-4-15-16(9-11)29-19(28)23-15/h1-4,9-10H,5-8H2,(H,22,26)(H,23,28). The lowest BCUT2D eigenvalue weighted by Crippen LogP contribution is -2.51. The number of nitrogens with one attached hydrogen (secondary N) is 2. The Bertz CT molecular complexity index is 1150. The lowest BCUT2D eigenvalue weighted by atomic mass is 10.2. The topological polar surface area (TPSA) is 98.6 Å². The average Bonchev–Trinajstić information content (AvgIpc) is 3.09. The number of anilines is 2. The van der Waals surface area contributed by atoms with Gasteiger partial charge in [0, 0.05) is 49.7 Å². The Morgan fingerprint density at radius 3 is 2.48 bits per heavy atom. The van der Waals surface area contributed by atoms with E-state index in [1.807, 2.05) is 4.90 Å². The molecule has 0 atom stereocenters. The number of carbonyl (C=O) groups excluding carboxylic acids is 2. The van der Waals surface area contributed by atoms with Crippen LogP contribution in [0.3, 0.4) is 0 Å². The summed E-state index contributed by atoms with van der Waals surface area (Å²) in [5.41, 5.74) is 1.58. The van der Waals surface area contributed by atoms with Crippen molar-refractivity contribution in [2.75, 3.05) is 36.4 Å². The van der Waals surface area contributed by atoms with E-state index < -0.39 is 29.2 Å². The molecule has 10 heteroatoms. The van der Waals surface area contributed by atoms with Crippen LogP contribution < -0.4 is 16.0 Å². The fourth-order valence-electron chi connectivity index (χ4n) is 3.20. The van der Waals surface area contributed by atoms with Crippen molar-refractivity contribution in [2.24, 2.45) is 0 Å². The summed E-state index contributed by atoms with van der Waals surface area (Å²) >= 11 is 0. The second-order valence-corrected chi connectivity index (χ2v) is 6.56. The smallest absolute Gasteiger partial charge is 0.408 e. The van der Waals surface area contributed by atoms with E-state index in [2.05, 4.69) is 10.3 Å². The molecule has 1 saturated heterocycles. The maximum absolute atomic E-state index is 13.4. The Labute approximate surface area is 162 Å². The third-order valence-corrected chi connectivity index (χ3v) is 4.71. The number of aromatic nitrogens is 1. The summed E-state index contributed by atoms with van der Waals surface area (Å²) < 4.78 is 31.4. The van der Waals surface area contributed by atoms with Crippen molar-refractivity contribution < 1.29 is 22.8 Å². The molecule has 0 spiro atoms. The fourth-order valence-corrected chi connectivity index (χ4v) is 3.20. The molecule has 0 saturated carbocycles. The number of carbonyl (C=O) groups is 2. The molecule has 0 aliphatic carbocycles. The van der Waals surface area contributed by atoms with E-state index in [1.54, 1.807) is 12.1 Å². The summed E-state index contributed by atoms with van der Waals surface area (Å²) in [4.78, 5) is 41.6. The van der Waals surface area contributed by atoms with Crippen LogP contribution in [0.2, 0.25) is 0 Å². The second kappa shape index (κ2) is 7.38. The van der Waals surface area contributed by atoms with Gasteiger partial charge in [-0.05, 0) is 24.3 Å². The third kappa shape index (κ3) is 3.82. The highest BCUT2D eigenvalue weighted by molar-refractivity contribution is 6.39. The number of oxazole rings is 1. The van der Waals surface area contributed by atoms with Gasteiger partial charge in [0.25, 0.3) is 0 Å². The van der Waals surface area contributed by atoms with Gasteiger partial charge in [-0.2, -0.15) is 0 Å². The Balaban J connectivity index is 1.37. The predicted molar refractivity (Wildman–Crippen MR) is 101 cm³/mol. The molecule has 150 valence electrons. The Hall–Kier alpha value is -3.69. The quantitative estimate of drug-likeness (QED) is 0.636. The van der Waals surface area contributed by atoms with E-state index in [0.29, 0.717) is 30.0 Å². The first kappa shape index (κ1) is 18.7. The number of fused-ring (bicyclic) bond motifs is 1. The van der Waals surface area contributed by atoms with Crippen LogP contribution in [0.5, 0.6) is 0 Å². The predicted octanol–water partition coefficient (Wildman–Crippen LogP) is 1.69. The molecule has 1 fully saturated rings. The number of halogens is 2. The molecule has 1 aliphatic rings. The van der Waals surface area contributed by atoms with E-state index in [9.17, 15) is 23.2 Å². The van der Waals surface area contributed by atoms with E-state index in [0.717, 1.165) is 12.1 Å². The molecule has 2 N–H and O–H groups in total. The highest BCUT2D eigenvalue weighted by atomic mass is 19.2. The number of aromatic amines is 1. The molecule has 4 rings (SSSR count). The second-order valence-electron chi connectivity index (χ2n) is 6.56. The Morgan fingerprint density at radius 1 is 1.00 bits per heavy atom. The molecule has 0 radical (unpaired) electrons. The number of amides is 2. The molecule has 1 aromatic heterocycles. The van der Waals surface area contributed by atoms with Crippen LogP contribution in [0.25, 0.3) is 11.1 Å². The molecular weight excluding hydrogens is 386 g/mol. The summed E-state index contributed by atoms with van der Waals surface area (Å²) in [6, 6.07) is 8.17. The third-order valence-electron chi connectivity index (χ3n) is 4.71. The number of nitrogens with zero attached hydrogens (tertiary/aromatic N) is 2. The van der Waals surface area contributed by atoms with Crippen LogP contribution in [0.15, 0.2) is 45.6 Å². The van der Waals surface area contributed by atoms with Crippen LogP contribution in [0, 0.1) is 11.6 Å². The van der Waals surface area contributed by atoms with Crippen LogP contribution >= 0.6 is 0 Å². The van der Waals surface area contributed by atoms with Gasteiger partial charge in [-0.25, -0.2) is 13.6 Å². The minimum absolute atomic E-state index is 0.261. The van der Waals surface area contributed by atoms with Gasteiger partial charge in [0.15, 0.2) is 17.2 Å². The summed E-state index contributed by atoms with van der Waals surface area (Å²) in [6.07, 6.45) is 0. The molecule has 0 bridgehead atoms. The van der Waals surface area contributed by atoms with Crippen molar-refractivity contribution in [1.82, 2.24) is 9.88 Å². The fraction of sp³-hybridized carbons (Fsp3) is 0.211. The van der Waals surface area contributed by atoms with Gasteiger partial charge in [-0.1, -0.05) is 0 Å². The van der Waals surface area contributed by atoms with Crippen molar-refractivity contribution in [3.05, 3.63) is 58.6 Å². The van der Waals surface area contributed by atoms with Crippen molar-refractivity contribution in [3.8, 4) is 0 Å². The monoisotopic (exact) mass is 402 g/mol. The molecule has 0 unspecified atom stereocenters. The maximum Gasteiger partial charge on any atom is 0.417 e. The number of H-pyrrole nitrogens is 1. The lowest BCUT2D eigenvalue weighted by molar-refractivity contribution is -0.143. The summed E-state index contributed by atoms with van der Waals surface area (Å²) in [5, 5.41) is 2.49. The summed E-state index contributed by atoms with van der Waals surface area (Å²) in [5.74, 6) is -3.99. The summed E-state index contributed by atoms with van der Waals surface area (Å²) in [6.45, 7) is 1.28. The van der Waals surface area contributed by atoms with Gasteiger partial charge in [0.05, 0.1) is 5.52 Å². The maximum atomic E-state index is 13.4.